The number of aromatic carboxylic acids is 1. The number of para-hydroxylation sites is 1. The molecule has 2 rings (SSSR count). The topological polar surface area (TPSA) is 66.4 Å². The average Bonchev–Trinajstić information content (AvgIpc) is 2.45. The van der Waals surface area contributed by atoms with E-state index in [1.807, 2.05) is 24.3 Å². The Kier molecular flexibility index (Phi) is 5.11. The van der Waals surface area contributed by atoms with E-state index in [1.165, 1.54) is 6.07 Å². The van der Waals surface area contributed by atoms with Crippen molar-refractivity contribution in [3.05, 3.63) is 64.1 Å². The van der Waals surface area contributed by atoms with Gasteiger partial charge in [0.05, 0.1) is 11.3 Å². The van der Waals surface area contributed by atoms with Crippen LogP contribution in [0.3, 0.4) is 0 Å². The highest BCUT2D eigenvalue weighted by Gasteiger charge is 2.11. The zero-order valence-electron chi connectivity index (χ0n) is 11.2. The second-order valence-electron chi connectivity index (χ2n) is 4.53. The summed E-state index contributed by atoms with van der Waals surface area (Å²) in [6.45, 7) is 0. The van der Waals surface area contributed by atoms with Crippen molar-refractivity contribution in [2.45, 2.75) is 12.8 Å². The highest BCUT2D eigenvalue weighted by Crippen LogP contribution is 2.16. The molecule has 0 unspecified atom stereocenters. The number of hydrogen-bond acceptors (Lipinski definition) is 2. The Morgan fingerprint density at radius 1 is 1.10 bits per heavy atom. The summed E-state index contributed by atoms with van der Waals surface area (Å²) in [6.07, 6.45) is 0.894. The minimum atomic E-state index is -1.06. The van der Waals surface area contributed by atoms with Crippen molar-refractivity contribution in [2.24, 2.45) is 0 Å². The molecule has 0 heterocycles. The molecule has 2 aromatic rings. The van der Waals surface area contributed by atoms with Gasteiger partial charge in [-0.25, -0.2) is 4.79 Å². The first-order valence-corrected chi connectivity index (χ1v) is 7.22. The van der Waals surface area contributed by atoms with Gasteiger partial charge in [-0.1, -0.05) is 40.2 Å². The lowest BCUT2D eigenvalue weighted by Gasteiger charge is -2.08. The molecule has 2 N–H and O–H groups in total. The average molecular weight is 348 g/mol. The third-order valence-corrected chi connectivity index (χ3v) is 3.45. The van der Waals surface area contributed by atoms with Crippen LogP contribution in [0, 0.1) is 0 Å². The van der Waals surface area contributed by atoms with E-state index in [0.29, 0.717) is 18.5 Å². The highest BCUT2D eigenvalue weighted by atomic mass is 79.9. The summed E-state index contributed by atoms with van der Waals surface area (Å²) in [5, 5.41) is 11.7. The first-order chi connectivity index (χ1) is 10.1. The van der Waals surface area contributed by atoms with E-state index in [9.17, 15) is 9.59 Å². The predicted octanol–water partition coefficient (Wildman–Crippen LogP) is 3.72. The molecule has 5 heteroatoms. The summed E-state index contributed by atoms with van der Waals surface area (Å²) in [5.74, 6) is -1.26. The monoisotopic (exact) mass is 347 g/mol. The van der Waals surface area contributed by atoms with Crippen molar-refractivity contribution in [3.63, 3.8) is 0 Å². The molecule has 21 heavy (non-hydrogen) atoms. The van der Waals surface area contributed by atoms with Crippen LogP contribution in [0.1, 0.15) is 22.3 Å². The summed E-state index contributed by atoms with van der Waals surface area (Å²) in [6, 6.07) is 14.1. The molecule has 108 valence electrons. The maximum atomic E-state index is 11.9. The normalized spacial score (nSPS) is 10.1. The van der Waals surface area contributed by atoms with Crippen LogP contribution in [-0.4, -0.2) is 17.0 Å². The molecule has 0 saturated carbocycles. The fourth-order valence-electron chi connectivity index (χ4n) is 1.94. The molecular weight excluding hydrogens is 334 g/mol. The second kappa shape index (κ2) is 7.04. The Morgan fingerprint density at radius 3 is 2.57 bits per heavy atom. The molecule has 0 saturated heterocycles. The molecule has 1 amide bonds. The van der Waals surface area contributed by atoms with E-state index >= 15 is 0 Å². The summed E-state index contributed by atoms with van der Waals surface area (Å²) in [7, 11) is 0. The Bertz CT molecular complexity index is 670. The molecule has 0 aliphatic heterocycles. The molecule has 0 atom stereocenters. The van der Waals surface area contributed by atoms with E-state index in [0.717, 1.165) is 10.0 Å². The Labute approximate surface area is 130 Å². The van der Waals surface area contributed by atoms with Gasteiger partial charge in [0, 0.05) is 10.9 Å². The third-order valence-electron chi connectivity index (χ3n) is 2.96. The molecule has 4 nitrogen and oxygen atoms in total. The maximum absolute atomic E-state index is 11.9. The zero-order valence-corrected chi connectivity index (χ0v) is 12.8. The van der Waals surface area contributed by atoms with Gasteiger partial charge in [-0.3, -0.25) is 4.79 Å². The zero-order chi connectivity index (χ0) is 15.2. The van der Waals surface area contributed by atoms with Gasteiger partial charge in [0.1, 0.15) is 0 Å². The van der Waals surface area contributed by atoms with E-state index in [2.05, 4.69) is 21.2 Å². The number of aryl methyl sites for hydroxylation is 1. The predicted molar refractivity (Wildman–Crippen MR) is 84.5 cm³/mol. The smallest absolute Gasteiger partial charge is 0.337 e. The van der Waals surface area contributed by atoms with Crippen LogP contribution in [0.25, 0.3) is 0 Å². The van der Waals surface area contributed by atoms with E-state index < -0.39 is 5.97 Å². The SMILES string of the molecule is O=C(CCc1cccc(Br)c1)Nc1ccccc1C(=O)O. The van der Waals surface area contributed by atoms with Crippen LogP contribution in [-0.2, 0) is 11.2 Å². The number of carboxylic acids is 1. The van der Waals surface area contributed by atoms with Gasteiger partial charge < -0.3 is 10.4 Å². The van der Waals surface area contributed by atoms with Crippen LogP contribution in [0.15, 0.2) is 53.0 Å². The number of carbonyl (C=O) groups excluding carboxylic acids is 1. The van der Waals surface area contributed by atoms with Crippen LogP contribution in [0.2, 0.25) is 0 Å². The van der Waals surface area contributed by atoms with Gasteiger partial charge in [-0.15, -0.1) is 0 Å². The fourth-order valence-corrected chi connectivity index (χ4v) is 2.39. The van der Waals surface area contributed by atoms with Crippen molar-refractivity contribution in [2.75, 3.05) is 5.32 Å². The van der Waals surface area contributed by atoms with Crippen LogP contribution in [0.4, 0.5) is 5.69 Å². The van der Waals surface area contributed by atoms with E-state index in [1.54, 1.807) is 18.2 Å². The molecular formula is C16H14BrNO3. The number of benzene rings is 2. The maximum Gasteiger partial charge on any atom is 0.337 e. The summed E-state index contributed by atoms with van der Waals surface area (Å²) < 4.78 is 0.969. The Hall–Kier alpha value is -2.14. The Balaban J connectivity index is 1.98. The summed E-state index contributed by atoms with van der Waals surface area (Å²) in [5.41, 5.74) is 1.46. The number of carbonyl (C=O) groups is 2. The lowest BCUT2D eigenvalue weighted by atomic mass is 10.1. The molecule has 0 radical (unpaired) electrons. The Morgan fingerprint density at radius 2 is 1.86 bits per heavy atom. The van der Waals surface area contributed by atoms with Crippen molar-refractivity contribution < 1.29 is 14.7 Å². The molecule has 0 spiro atoms. The lowest BCUT2D eigenvalue weighted by Crippen LogP contribution is -2.15. The van der Waals surface area contributed by atoms with Gasteiger partial charge in [0.15, 0.2) is 0 Å². The van der Waals surface area contributed by atoms with E-state index in [4.69, 9.17) is 5.11 Å². The van der Waals surface area contributed by atoms with Crippen molar-refractivity contribution in [3.8, 4) is 0 Å². The minimum absolute atomic E-state index is 0.0910. The van der Waals surface area contributed by atoms with Gasteiger partial charge in [-0.05, 0) is 36.2 Å². The molecule has 0 fully saturated rings. The van der Waals surface area contributed by atoms with Crippen LogP contribution >= 0.6 is 15.9 Å². The quantitative estimate of drug-likeness (QED) is 0.866. The number of nitrogens with one attached hydrogen (secondary N) is 1. The van der Waals surface area contributed by atoms with Crippen LogP contribution in [0.5, 0.6) is 0 Å². The first-order valence-electron chi connectivity index (χ1n) is 6.43. The van der Waals surface area contributed by atoms with Crippen molar-refractivity contribution in [1.82, 2.24) is 0 Å². The lowest BCUT2D eigenvalue weighted by molar-refractivity contribution is -0.116. The van der Waals surface area contributed by atoms with Gasteiger partial charge in [-0.2, -0.15) is 0 Å². The first kappa shape index (κ1) is 15.3. The van der Waals surface area contributed by atoms with Crippen molar-refractivity contribution in [1.29, 1.82) is 0 Å². The van der Waals surface area contributed by atoms with Crippen LogP contribution < -0.4 is 5.32 Å². The van der Waals surface area contributed by atoms with Gasteiger partial charge in [0.2, 0.25) is 5.91 Å². The third kappa shape index (κ3) is 4.43. The largest absolute Gasteiger partial charge is 0.478 e. The standard InChI is InChI=1S/C16H14BrNO3/c17-12-5-3-4-11(10-12)8-9-15(19)18-14-7-2-1-6-13(14)16(20)21/h1-7,10H,8-9H2,(H,18,19)(H,20,21). The number of halogens is 1. The number of hydrogen-bond donors (Lipinski definition) is 2. The fraction of sp³-hybridized carbons (Fsp3) is 0.125. The number of carboxylic acid groups (broad SMARTS) is 1. The minimum Gasteiger partial charge on any atom is -0.478 e. The molecule has 2 aromatic carbocycles. The van der Waals surface area contributed by atoms with Crippen molar-refractivity contribution >= 4 is 33.5 Å². The van der Waals surface area contributed by atoms with Gasteiger partial charge >= 0.3 is 5.97 Å². The summed E-state index contributed by atoms with van der Waals surface area (Å²) in [4.78, 5) is 23.0. The summed E-state index contributed by atoms with van der Waals surface area (Å²) >= 11 is 3.38. The highest BCUT2D eigenvalue weighted by molar-refractivity contribution is 9.10. The van der Waals surface area contributed by atoms with E-state index in [-0.39, 0.29) is 11.5 Å². The van der Waals surface area contributed by atoms with Gasteiger partial charge in [0.25, 0.3) is 0 Å². The second-order valence-corrected chi connectivity index (χ2v) is 5.44. The molecule has 0 aromatic heterocycles. The number of amides is 1. The molecule has 0 bridgehead atoms. The molecule has 0 aliphatic carbocycles. The molecule has 0 aliphatic rings. The number of rotatable bonds is 5. The number of anilines is 1.